The molecule has 0 aliphatic carbocycles. The van der Waals surface area contributed by atoms with Crippen molar-refractivity contribution in [3.05, 3.63) is 305 Å². The van der Waals surface area contributed by atoms with Crippen LogP contribution in [0, 0.1) is 24.3 Å². The minimum Gasteiger partial charge on any atom is -0.367 e. The number of hydrogen-bond donors (Lipinski definition) is 0. The fraction of sp³-hybridized carbons (Fsp3) is 0.0256. The fourth-order valence-electron chi connectivity index (χ4n) is 12.7. The molecule has 10 heterocycles. The number of hydrogen-bond acceptors (Lipinski definition) is 4. The quantitative estimate of drug-likeness (QED) is 0.128. The SMILES string of the molecule is Cn1c(-c2[c-]c3c(cc2)c2cc(-n4cccc4)ccc2n3-c2[c-]c(-c3ccccn3)ccc2)nc2cc(-n3cccc3)ccc21.Cn1c(-c2[c-]c3c(cc2)c2ccccc2n3-c2[c-]c(-c3ccccn3)cc(-n3cccc3)c2)nc2ccc(-n3cccc3)cc21.[Pt+2].[Pt+2]. The summed E-state index contributed by atoms with van der Waals surface area (Å²) in [7, 11) is 4.15. The molecule has 444 valence electrons. The van der Waals surface area contributed by atoms with Crippen LogP contribution < -0.4 is 0 Å². The molecule has 0 spiro atoms. The molecule has 0 saturated heterocycles. The largest absolute Gasteiger partial charge is 2.00 e. The van der Waals surface area contributed by atoms with E-state index in [1.165, 1.54) is 0 Å². The predicted octanol–water partition coefficient (Wildman–Crippen LogP) is 17.2. The predicted molar refractivity (Wildman–Crippen MR) is 360 cm³/mol. The van der Waals surface area contributed by atoms with E-state index < -0.39 is 0 Å². The van der Waals surface area contributed by atoms with Gasteiger partial charge in [0.15, 0.2) is 0 Å². The van der Waals surface area contributed by atoms with Crippen LogP contribution in [0.1, 0.15) is 0 Å². The second-order valence-corrected chi connectivity index (χ2v) is 22.4. The van der Waals surface area contributed by atoms with Crippen LogP contribution in [0.2, 0.25) is 0 Å². The Labute approximate surface area is 558 Å². The van der Waals surface area contributed by atoms with Gasteiger partial charge in [-0.3, -0.25) is 9.97 Å². The molecule has 8 aromatic carbocycles. The van der Waals surface area contributed by atoms with Crippen molar-refractivity contribution >= 4 is 65.7 Å². The fourth-order valence-corrected chi connectivity index (χ4v) is 12.7. The number of rotatable bonds is 10. The van der Waals surface area contributed by atoms with Crippen molar-refractivity contribution in [1.29, 1.82) is 0 Å². The maximum absolute atomic E-state index is 5.11. The van der Waals surface area contributed by atoms with Crippen LogP contribution in [0.3, 0.4) is 0 Å². The Morgan fingerprint density at radius 2 is 0.804 bits per heavy atom. The van der Waals surface area contributed by atoms with Crippen molar-refractivity contribution in [2.24, 2.45) is 14.1 Å². The van der Waals surface area contributed by atoms with E-state index in [-0.39, 0.29) is 42.1 Å². The van der Waals surface area contributed by atoms with Crippen molar-refractivity contribution in [2.45, 2.75) is 0 Å². The van der Waals surface area contributed by atoms with Gasteiger partial charge < -0.3 is 46.5 Å². The van der Waals surface area contributed by atoms with E-state index in [1.807, 2.05) is 110 Å². The molecule has 0 bridgehead atoms. The number of aryl methyl sites for hydroxylation is 2. The molecule has 0 atom stereocenters. The van der Waals surface area contributed by atoms with E-state index in [9.17, 15) is 0 Å². The molecule has 0 amide bonds. The summed E-state index contributed by atoms with van der Waals surface area (Å²) >= 11 is 0. The molecule has 0 unspecified atom stereocenters. The van der Waals surface area contributed by atoms with Crippen LogP contribution in [0.5, 0.6) is 0 Å². The molecular formula is C78H52N12Pt2. The topological polar surface area (TPSA) is 91.0 Å². The molecule has 0 fully saturated rings. The van der Waals surface area contributed by atoms with Gasteiger partial charge in [-0.1, -0.05) is 59.3 Å². The van der Waals surface area contributed by atoms with E-state index in [0.717, 1.165) is 145 Å². The number of aromatic nitrogens is 12. The van der Waals surface area contributed by atoms with Gasteiger partial charge in [0.25, 0.3) is 0 Å². The average Bonchev–Trinajstić information content (AvgIpc) is 1.61. The summed E-state index contributed by atoms with van der Waals surface area (Å²) in [6, 6.07) is 90.3. The Balaban J connectivity index is 0.000000149. The molecule has 18 aromatic rings. The first-order chi connectivity index (χ1) is 44.4. The number of pyridine rings is 2. The molecular weight excluding hydrogens is 1500 g/mol. The zero-order valence-electron chi connectivity index (χ0n) is 49.6. The summed E-state index contributed by atoms with van der Waals surface area (Å²) in [4.78, 5) is 19.4. The molecule has 0 aliphatic heterocycles. The molecule has 0 radical (unpaired) electrons. The van der Waals surface area contributed by atoms with Crippen molar-refractivity contribution in [1.82, 2.24) is 56.5 Å². The third kappa shape index (κ3) is 10.0. The van der Waals surface area contributed by atoms with Gasteiger partial charge in [-0.25, -0.2) is 0 Å². The van der Waals surface area contributed by atoms with Crippen LogP contribution in [-0.2, 0) is 56.2 Å². The minimum atomic E-state index is 0. The maximum Gasteiger partial charge on any atom is 2.00 e. The summed E-state index contributed by atoms with van der Waals surface area (Å²) in [5.41, 5.74) is 19.8. The summed E-state index contributed by atoms with van der Waals surface area (Å²) in [6.45, 7) is 0. The van der Waals surface area contributed by atoms with E-state index in [1.54, 1.807) is 0 Å². The van der Waals surface area contributed by atoms with Crippen molar-refractivity contribution in [3.8, 4) is 79.4 Å². The molecule has 0 N–H and O–H groups in total. The van der Waals surface area contributed by atoms with E-state index >= 15 is 0 Å². The second-order valence-electron chi connectivity index (χ2n) is 22.4. The minimum absolute atomic E-state index is 0. The third-order valence-electron chi connectivity index (χ3n) is 17.0. The molecule has 14 heteroatoms. The van der Waals surface area contributed by atoms with Crippen LogP contribution in [0.4, 0.5) is 0 Å². The monoisotopic (exact) mass is 1550 g/mol. The number of fused-ring (bicyclic) bond motifs is 8. The van der Waals surface area contributed by atoms with Gasteiger partial charge in [0.1, 0.15) is 0 Å². The third-order valence-corrected chi connectivity index (χ3v) is 17.0. The first-order valence-corrected chi connectivity index (χ1v) is 29.8. The van der Waals surface area contributed by atoms with Crippen molar-refractivity contribution < 1.29 is 42.1 Å². The Kier molecular flexibility index (Phi) is 14.9. The molecule has 10 aromatic heterocycles. The standard InChI is InChI=1S/2C39H26N6.2Pt/c1-42-37-17-14-30(44-21-6-7-22-44)26-35(37)41-39(42)28-12-15-32-33-25-29(43-19-4-5-20-43)13-16-36(33)45(38(32)24-28)31-10-8-9-27(23-31)34-11-2-3-18-40-34;1-42-38-26-29(43-18-6-7-19-43)14-16-35(38)41-39(42)27-13-15-33-32-10-2-3-12-36(32)45(37(33)24-27)31-23-28(34-11-4-5-17-40-34)22-30(25-31)44-20-8-9-21-44;;/h2*2-22,25-26H,1H3;;/q2*-2;2*+2. The zero-order valence-corrected chi connectivity index (χ0v) is 54.1. The summed E-state index contributed by atoms with van der Waals surface area (Å²) in [5, 5.41) is 4.56. The normalized spacial score (nSPS) is 11.4. The average molecular weight is 1550 g/mol. The first kappa shape index (κ1) is 57.5. The Bertz CT molecular complexity index is 5680. The molecule has 12 nitrogen and oxygen atoms in total. The summed E-state index contributed by atoms with van der Waals surface area (Å²) < 4.78 is 17.3. The summed E-state index contributed by atoms with van der Waals surface area (Å²) in [6.07, 6.45) is 20.1. The number of imidazole rings is 2. The molecule has 92 heavy (non-hydrogen) atoms. The Hall–Kier alpha value is -10.9. The number of benzene rings is 8. The van der Waals surface area contributed by atoms with E-state index in [2.05, 4.69) is 256 Å². The zero-order chi connectivity index (χ0) is 59.8. The van der Waals surface area contributed by atoms with Gasteiger partial charge in [0, 0.05) is 104 Å². The van der Waals surface area contributed by atoms with Crippen LogP contribution in [0.25, 0.3) is 145 Å². The molecule has 18 rings (SSSR count). The van der Waals surface area contributed by atoms with E-state index in [0.29, 0.717) is 0 Å². The van der Waals surface area contributed by atoms with Crippen LogP contribution >= 0.6 is 0 Å². The number of nitrogens with zero attached hydrogens (tertiary/aromatic N) is 12. The van der Waals surface area contributed by atoms with Crippen LogP contribution in [-0.4, -0.2) is 56.5 Å². The smallest absolute Gasteiger partial charge is 0.367 e. The van der Waals surface area contributed by atoms with Gasteiger partial charge in [-0.2, -0.15) is 0 Å². The van der Waals surface area contributed by atoms with Gasteiger partial charge in [0.2, 0.25) is 0 Å². The second kappa shape index (κ2) is 23.8. The van der Waals surface area contributed by atoms with Gasteiger partial charge >= 0.3 is 42.1 Å². The van der Waals surface area contributed by atoms with Crippen molar-refractivity contribution in [3.63, 3.8) is 0 Å². The first-order valence-electron chi connectivity index (χ1n) is 29.8. The van der Waals surface area contributed by atoms with Crippen LogP contribution in [0.15, 0.2) is 280 Å². The van der Waals surface area contributed by atoms with Gasteiger partial charge in [-0.05, 0) is 172 Å². The van der Waals surface area contributed by atoms with E-state index in [4.69, 9.17) is 9.97 Å². The Morgan fingerprint density at radius 1 is 0.304 bits per heavy atom. The summed E-state index contributed by atoms with van der Waals surface area (Å²) in [5.74, 6) is 1.74. The number of para-hydroxylation sites is 1. The van der Waals surface area contributed by atoms with Gasteiger partial charge in [-0.15, -0.1) is 95.1 Å². The van der Waals surface area contributed by atoms with Crippen molar-refractivity contribution in [2.75, 3.05) is 0 Å². The molecule has 0 saturated carbocycles. The van der Waals surface area contributed by atoms with Gasteiger partial charge in [0.05, 0.1) is 33.7 Å². The molecule has 0 aliphatic rings. The Morgan fingerprint density at radius 3 is 1.43 bits per heavy atom. The maximum atomic E-state index is 5.11.